The number of carbonyl (C=O) groups is 1. The third-order valence-corrected chi connectivity index (χ3v) is 4.92. The van der Waals surface area contributed by atoms with E-state index < -0.39 is 23.2 Å². The van der Waals surface area contributed by atoms with Crippen LogP contribution < -0.4 is 5.56 Å². The van der Waals surface area contributed by atoms with Crippen molar-refractivity contribution in [3.63, 3.8) is 0 Å². The number of halogens is 2. The average Bonchev–Trinajstić information content (AvgIpc) is 3.12. The Morgan fingerprint density at radius 1 is 1.11 bits per heavy atom. The zero-order chi connectivity index (χ0) is 20.0. The first kappa shape index (κ1) is 17.8. The van der Waals surface area contributed by atoms with Crippen LogP contribution in [0.3, 0.4) is 0 Å². The molecule has 142 valence electrons. The third kappa shape index (κ3) is 2.83. The predicted molar refractivity (Wildman–Crippen MR) is 101 cm³/mol. The molecular weight excluding hydrogens is 366 g/mol. The van der Waals surface area contributed by atoms with Gasteiger partial charge in [-0.05, 0) is 31.2 Å². The van der Waals surface area contributed by atoms with Crippen LogP contribution in [0, 0.1) is 11.6 Å². The molecule has 2 aromatic carbocycles. The number of benzene rings is 2. The Morgan fingerprint density at radius 2 is 1.79 bits per heavy atom. The van der Waals surface area contributed by atoms with Crippen molar-refractivity contribution in [2.24, 2.45) is 0 Å². The van der Waals surface area contributed by atoms with Crippen molar-refractivity contribution in [3.05, 3.63) is 75.8 Å². The summed E-state index contributed by atoms with van der Waals surface area (Å²) in [7, 11) is 1.58. The van der Waals surface area contributed by atoms with Gasteiger partial charge in [0, 0.05) is 23.3 Å². The van der Waals surface area contributed by atoms with E-state index in [2.05, 4.69) is 15.2 Å². The fourth-order valence-corrected chi connectivity index (χ4v) is 3.23. The Hall–Kier alpha value is -3.55. The molecule has 0 fully saturated rings. The summed E-state index contributed by atoms with van der Waals surface area (Å²) in [5.41, 5.74) is 0.855. The van der Waals surface area contributed by atoms with Gasteiger partial charge in [-0.3, -0.25) is 9.59 Å². The first-order chi connectivity index (χ1) is 13.4. The maximum Gasteiger partial charge on any atom is 0.272 e. The highest BCUT2D eigenvalue weighted by Crippen LogP contribution is 2.26. The minimum atomic E-state index is -1.12. The van der Waals surface area contributed by atoms with Gasteiger partial charge in [0.05, 0.1) is 17.1 Å². The highest BCUT2D eigenvalue weighted by atomic mass is 19.2. The summed E-state index contributed by atoms with van der Waals surface area (Å²) in [4.78, 5) is 29.4. The summed E-state index contributed by atoms with van der Waals surface area (Å²) in [6.07, 6.45) is 0. The standard InChI is InChI=1S/C20H16F2N4O2/c1-10(18-12-8-14(21)15(22)9-13(12)19(27)25-24-18)26(2)20(28)17-7-11-5-3-4-6-16(11)23-17/h3-10,23H,1-2H3,(H,25,27)/t10-/m1/s1. The number of aromatic nitrogens is 3. The molecule has 0 spiro atoms. The summed E-state index contributed by atoms with van der Waals surface area (Å²) in [5.74, 6) is -2.50. The second kappa shape index (κ2) is 6.56. The van der Waals surface area contributed by atoms with E-state index >= 15 is 0 Å². The Bertz CT molecular complexity index is 1250. The Kier molecular flexibility index (Phi) is 4.18. The molecule has 28 heavy (non-hydrogen) atoms. The fourth-order valence-electron chi connectivity index (χ4n) is 3.23. The van der Waals surface area contributed by atoms with Gasteiger partial charge in [0.2, 0.25) is 0 Å². The topological polar surface area (TPSA) is 81.8 Å². The van der Waals surface area contributed by atoms with Gasteiger partial charge in [-0.2, -0.15) is 5.10 Å². The van der Waals surface area contributed by atoms with Crippen LogP contribution in [0.4, 0.5) is 8.78 Å². The van der Waals surface area contributed by atoms with Crippen LogP contribution in [0.1, 0.15) is 29.1 Å². The minimum Gasteiger partial charge on any atom is -0.351 e. The molecule has 2 N–H and O–H groups in total. The fraction of sp³-hybridized carbons (Fsp3) is 0.150. The van der Waals surface area contributed by atoms with E-state index in [9.17, 15) is 18.4 Å². The molecule has 1 amide bonds. The lowest BCUT2D eigenvalue weighted by Gasteiger charge is -2.24. The lowest BCUT2D eigenvalue weighted by atomic mass is 10.1. The van der Waals surface area contributed by atoms with Gasteiger partial charge in [0.1, 0.15) is 5.69 Å². The second-order valence-corrected chi connectivity index (χ2v) is 6.61. The summed E-state index contributed by atoms with van der Waals surface area (Å²) in [6, 6.07) is 10.4. The van der Waals surface area contributed by atoms with E-state index in [-0.39, 0.29) is 22.4 Å². The Morgan fingerprint density at radius 3 is 2.50 bits per heavy atom. The molecule has 0 radical (unpaired) electrons. The number of nitrogens with one attached hydrogen (secondary N) is 2. The van der Waals surface area contributed by atoms with Crippen LogP contribution >= 0.6 is 0 Å². The number of hydrogen-bond acceptors (Lipinski definition) is 3. The predicted octanol–water partition coefficient (Wildman–Crippen LogP) is 3.52. The van der Waals surface area contributed by atoms with E-state index in [0.717, 1.165) is 23.0 Å². The molecule has 0 aliphatic heterocycles. The lowest BCUT2D eigenvalue weighted by Crippen LogP contribution is -2.31. The summed E-state index contributed by atoms with van der Waals surface area (Å²) in [6.45, 7) is 1.70. The van der Waals surface area contributed by atoms with Crippen molar-refractivity contribution in [2.45, 2.75) is 13.0 Å². The van der Waals surface area contributed by atoms with Crippen LogP contribution in [-0.4, -0.2) is 33.0 Å². The molecule has 6 nitrogen and oxygen atoms in total. The maximum atomic E-state index is 13.8. The first-order valence-corrected chi connectivity index (χ1v) is 8.59. The van der Waals surface area contributed by atoms with Crippen molar-refractivity contribution in [2.75, 3.05) is 7.05 Å². The average molecular weight is 382 g/mol. The van der Waals surface area contributed by atoms with E-state index in [0.29, 0.717) is 5.69 Å². The lowest BCUT2D eigenvalue weighted by molar-refractivity contribution is 0.0735. The molecule has 2 aromatic heterocycles. The van der Waals surface area contributed by atoms with Gasteiger partial charge in [-0.25, -0.2) is 13.9 Å². The molecule has 0 unspecified atom stereocenters. The number of nitrogens with zero attached hydrogens (tertiary/aromatic N) is 2. The van der Waals surface area contributed by atoms with Crippen LogP contribution in [0.5, 0.6) is 0 Å². The summed E-state index contributed by atoms with van der Waals surface area (Å²) < 4.78 is 27.3. The van der Waals surface area contributed by atoms with Crippen molar-refractivity contribution in [3.8, 4) is 0 Å². The van der Waals surface area contributed by atoms with Gasteiger partial charge in [0.25, 0.3) is 11.5 Å². The molecule has 0 saturated heterocycles. The van der Waals surface area contributed by atoms with E-state index in [1.165, 1.54) is 4.90 Å². The quantitative estimate of drug-likeness (QED) is 0.569. The smallest absolute Gasteiger partial charge is 0.272 e. The molecule has 4 rings (SSSR count). The molecule has 0 aliphatic rings. The summed E-state index contributed by atoms with van der Waals surface area (Å²) >= 11 is 0. The van der Waals surface area contributed by atoms with Gasteiger partial charge < -0.3 is 9.88 Å². The molecule has 8 heteroatoms. The normalized spacial score (nSPS) is 12.4. The van der Waals surface area contributed by atoms with Crippen molar-refractivity contribution in [1.29, 1.82) is 0 Å². The number of rotatable bonds is 3. The van der Waals surface area contributed by atoms with Gasteiger partial charge in [0.15, 0.2) is 11.6 Å². The molecule has 0 bridgehead atoms. The third-order valence-electron chi connectivity index (χ3n) is 4.92. The number of aromatic amines is 2. The van der Waals surface area contributed by atoms with E-state index in [1.54, 1.807) is 20.0 Å². The van der Waals surface area contributed by atoms with Gasteiger partial charge in [-0.1, -0.05) is 18.2 Å². The van der Waals surface area contributed by atoms with Crippen molar-refractivity contribution < 1.29 is 13.6 Å². The zero-order valence-corrected chi connectivity index (χ0v) is 15.1. The molecule has 0 aliphatic carbocycles. The Balaban J connectivity index is 1.75. The highest BCUT2D eigenvalue weighted by molar-refractivity contribution is 5.98. The first-order valence-electron chi connectivity index (χ1n) is 8.59. The number of carbonyl (C=O) groups excluding carboxylic acids is 1. The number of amides is 1. The van der Waals surface area contributed by atoms with Crippen molar-refractivity contribution in [1.82, 2.24) is 20.1 Å². The number of hydrogen-bond donors (Lipinski definition) is 2. The zero-order valence-electron chi connectivity index (χ0n) is 15.1. The van der Waals surface area contributed by atoms with E-state index in [1.807, 2.05) is 24.3 Å². The molecular formula is C20H16F2N4O2. The minimum absolute atomic E-state index is 0.0257. The maximum absolute atomic E-state index is 13.8. The summed E-state index contributed by atoms with van der Waals surface area (Å²) in [5, 5.41) is 7.30. The van der Waals surface area contributed by atoms with Crippen LogP contribution in [-0.2, 0) is 0 Å². The molecule has 4 aromatic rings. The SMILES string of the molecule is C[C@H](c1n[nH]c(=O)c2cc(F)c(F)cc12)N(C)C(=O)c1cc2ccccc2[nH]1. The number of para-hydroxylation sites is 1. The van der Waals surface area contributed by atoms with Crippen LogP contribution in [0.15, 0.2) is 47.3 Å². The number of fused-ring (bicyclic) bond motifs is 2. The van der Waals surface area contributed by atoms with Crippen LogP contribution in [0.2, 0.25) is 0 Å². The van der Waals surface area contributed by atoms with Gasteiger partial charge in [-0.15, -0.1) is 0 Å². The van der Waals surface area contributed by atoms with E-state index in [4.69, 9.17) is 0 Å². The van der Waals surface area contributed by atoms with Crippen molar-refractivity contribution >= 4 is 27.6 Å². The Labute approximate surface area is 157 Å². The molecule has 1 atom stereocenters. The van der Waals surface area contributed by atoms with Crippen LogP contribution in [0.25, 0.3) is 21.7 Å². The molecule has 2 heterocycles. The van der Waals surface area contributed by atoms with Gasteiger partial charge >= 0.3 is 0 Å². The number of H-pyrrole nitrogens is 2. The highest BCUT2D eigenvalue weighted by Gasteiger charge is 2.24. The second-order valence-electron chi connectivity index (χ2n) is 6.61. The molecule has 0 saturated carbocycles. The largest absolute Gasteiger partial charge is 0.351 e. The monoisotopic (exact) mass is 382 g/mol.